The van der Waals surface area contributed by atoms with Crippen molar-refractivity contribution in [2.45, 2.75) is 0 Å². The average molecular weight is 155 g/mol. The molecule has 0 aromatic carbocycles. The highest BCUT2D eigenvalue weighted by atomic mass is 16.5. The summed E-state index contributed by atoms with van der Waals surface area (Å²) in [5, 5.41) is 0. The zero-order chi connectivity index (χ0) is 8.85. The number of hydrogen-bond acceptors (Lipinski definition) is 3. The van der Waals surface area contributed by atoms with Crippen molar-refractivity contribution in [3.8, 4) is 0 Å². The van der Waals surface area contributed by atoms with Crippen LogP contribution in [0.2, 0.25) is 0 Å². The Morgan fingerprint density at radius 1 is 1.36 bits per heavy atom. The van der Waals surface area contributed by atoms with Gasteiger partial charge in [0, 0.05) is 0 Å². The van der Waals surface area contributed by atoms with Crippen molar-refractivity contribution in [1.29, 1.82) is 0 Å². The van der Waals surface area contributed by atoms with Crippen molar-refractivity contribution in [1.82, 2.24) is 0 Å². The van der Waals surface area contributed by atoms with Crippen LogP contribution in [0.25, 0.3) is 0 Å². The largest absolute Gasteiger partial charge is 0.493 e. The van der Waals surface area contributed by atoms with Gasteiger partial charge in [-0.1, -0.05) is 13.2 Å². The van der Waals surface area contributed by atoms with Crippen molar-refractivity contribution in [2.75, 3.05) is 14.2 Å². The van der Waals surface area contributed by atoms with Crippen molar-refractivity contribution < 1.29 is 9.47 Å². The van der Waals surface area contributed by atoms with Crippen LogP contribution in [0.3, 0.4) is 0 Å². The minimum atomic E-state index is 0.323. The van der Waals surface area contributed by atoms with Gasteiger partial charge in [-0.25, -0.2) is 0 Å². The van der Waals surface area contributed by atoms with Crippen LogP contribution in [0, 0.1) is 0 Å². The molecule has 3 heteroatoms. The first-order valence-corrected chi connectivity index (χ1v) is 3.06. The van der Waals surface area contributed by atoms with E-state index < -0.39 is 0 Å². The molecule has 0 spiro atoms. The SMILES string of the molecule is C=C/C(OC)=C(/OC)C(=C)N. The lowest BCUT2D eigenvalue weighted by Crippen LogP contribution is -2.04. The lowest BCUT2D eigenvalue weighted by molar-refractivity contribution is 0.237. The van der Waals surface area contributed by atoms with Gasteiger partial charge in [-0.05, 0) is 6.08 Å². The molecule has 0 saturated heterocycles. The van der Waals surface area contributed by atoms with Gasteiger partial charge in [0.25, 0.3) is 0 Å². The molecule has 0 unspecified atom stereocenters. The Morgan fingerprint density at radius 3 is 2.00 bits per heavy atom. The number of nitrogens with two attached hydrogens (primary N) is 1. The second-order valence-corrected chi connectivity index (χ2v) is 1.83. The summed E-state index contributed by atoms with van der Waals surface area (Å²) >= 11 is 0. The maximum absolute atomic E-state index is 5.39. The van der Waals surface area contributed by atoms with Crippen LogP contribution < -0.4 is 5.73 Å². The fourth-order valence-electron chi connectivity index (χ4n) is 0.659. The molecular weight excluding hydrogens is 142 g/mol. The van der Waals surface area contributed by atoms with E-state index in [2.05, 4.69) is 13.2 Å². The molecule has 62 valence electrons. The normalized spacial score (nSPS) is 11.5. The zero-order valence-electron chi connectivity index (χ0n) is 6.89. The van der Waals surface area contributed by atoms with Crippen LogP contribution in [-0.2, 0) is 9.47 Å². The molecule has 0 saturated carbocycles. The van der Waals surface area contributed by atoms with Gasteiger partial charge in [0.2, 0.25) is 0 Å². The second kappa shape index (κ2) is 4.44. The topological polar surface area (TPSA) is 44.5 Å². The predicted octanol–water partition coefficient (Wildman–Crippen LogP) is 1.15. The number of hydrogen-bond donors (Lipinski definition) is 1. The Morgan fingerprint density at radius 2 is 1.91 bits per heavy atom. The summed E-state index contributed by atoms with van der Waals surface area (Å²) in [7, 11) is 3.01. The highest BCUT2D eigenvalue weighted by Crippen LogP contribution is 2.11. The minimum Gasteiger partial charge on any atom is -0.493 e. The molecule has 0 bridgehead atoms. The van der Waals surface area contributed by atoms with Gasteiger partial charge in [-0.2, -0.15) is 0 Å². The van der Waals surface area contributed by atoms with Crippen molar-refractivity contribution >= 4 is 0 Å². The fraction of sp³-hybridized carbons (Fsp3) is 0.250. The first-order valence-electron chi connectivity index (χ1n) is 3.06. The molecule has 0 fully saturated rings. The van der Waals surface area contributed by atoms with Crippen LogP contribution in [0.4, 0.5) is 0 Å². The Kier molecular flexibility index (Phi) is 3.88. The molecule has 0 rings (SSSR count). The van der Waals surface area contributed by atoms with E-state index in [-0.39, 0.29) is 0 Å². The van der Waals surface area contributed by atoms with Gasteiger partial charge in [-0.3, -0.25) is 0 Å². The second-order valence-electron chi connectivity index (χ2n) is 1.83. The van der Waals surface area contributed by atoms with Crippen LogP contribution in [-0.4, -0.2) is 14.2 Å². The highest BCUT2D eigenvalue weighted by Gasteiger charge is 2.04. The number of allylic oxidation sites excluding steroid dienone is 1. The Labute approximate surface area is 66.8 Å². The number of methoxy groups -OCH3 is 2. The lowest BCUT2D eigenvalue weighted by Gasteiger charge is -2.08. The molecule has 0 aromatic heterocycles. The first-order chi connectivity index (χ1) is 5.17. The standard InChI is InChI=1S/C8H13NO2/c1-5-7(10-3)8(11-4)6(2)9/h5H,1-2,9H2,3-4H3/b8-7-. The maximum atomic E-state index is 5.39. The molecule has 0 aliphatic rings. The smallest absolute Gasteiger partial charge is 0.183 e. The molecule has 3 nitrogen and oxygen atoms in total. The summed E-state index contributed by atoms with van der Waals surface area (Å²) in [4.78, 5) is 0. The van der Waals surface area contributed by atoms with Crippen LogP contribution in [0.15, 0.2) is 36.4 Å². The predicted molar refractivity (Wildman–Crippen MR) is 44.6 cm³/mol. The monoisotopic (exact) mass is 155 g/mol. The third-order valence-corrected chi connectivity index (χ3v) is 1.12. The van der Waals surface area contributed by atoms with Gasteiger partial charge in [0.15, 0.2) is 11.5 Å². The van der Waals surface area contributed by atoms with E-state index in [1.165, 1.54) is 20.3 Å². The number of rotatable bonds is 4. The molecule has 0 aliphatic carbocycles. The van der Waals surface area contributed by atoms with E-state index in [0.29, 0.717) is 17.2 Å². The van der Waals surface area contributed by atoms with Gasteiger partial charge < -0.3 is 15.2 Å². The Hall–Kier alpha value is -1.38. The highest BCUT2D eigenvalue weighted by molar-refractivity contribution is 5.27. The summed E-state index contributed by atoms with van der Waals surface area (Å²) in [5.41, 5.74) is 5.72. The summed E-state index contributed by atoms with van der Waals surface area (Å²) in [6.07, 6.45) is 1.51. The van der Waals surface area contributed by atoms with E-state index in [4.69, 9.17) is 15.2 Å². The average Bonchev–Trinajstić information content (AvgIpc) is 1.99. The molecule has 0 amide bonds. The van der Waals surface area contributed by atoms with Crippen LogP contribution in [0.5, 0.6) is 0 Å². The minimum absolute atomic E-state index is 0.323. The summed E-state index contributed by atoms with van der Waals surface area (Å²) in [5.74, 6) is 0.905. The van der Waals surface area contributed by atoms with Crippen LogP contribution >= 0.6 is 0 Å². The first kappa shape index (κ1) is 9.62. The summed E-state index contributed by atoms with van der Waals surface area (Å²) in [6, 6.07) is 0. The fourth-order valence-corrected chi connectivity index (χ4v) is 0.659. The van der Waals surface area contributed by atoms with Gasteiger partial charge in [0.1, 0.15) is 0 Å². The summed E-state index contributed by atoms with van der Waals surface area (Å²) in [6.45, 7) is 7.03. The van der Waals surface area contributed by atoms with Gasteiger partial charge in [0.05, 0.1) is 19.9 Å². The maximum Gasteiger partial charge on any atom is 0.183 e. The summed E-state index contributed by atoms with van der Waals surface area (Å²) < 4.78 is 9.82. The van der Waals surface area contributed by atoms with Gasteiger partial charge in [-0.15, -0.1) is 0 Å². The molecule has 0 atom stereocenters. The third-order valence-electron chi connectivity index (χ3n) is 1.12. The quantitative estimate of drug-likeness (QED) is 0.489. The Bertz CT molecular complexity index is 194. The molecule has 0 heterocycles. The van der Waals surface area contributed by atoms with E-state index >= 15 is 0 Å². The van der Waals surface area contributed by atoms with E-state index in [1.807, 2.05) is 0 Å². The van der Waals surface area contributed by atoms with E-state index in [9.17, 15) is 0 Å². The van der Waals surface area contributed by atoms with Crippen molar-refractivity contribution in [2.24, 2.45) is 5.73 Å². The molecule has 0 aromatic rings. The van der Waals surface area contributed by atoms with Crippen molar-refractivity contribution in [3.63, 3.8) is 0 Å². The molecule has 0 aliphatic heterocycles. The molecular formula is C8H13NO2. The zero-order valence-corrected chi connectivity index (χ0v) is 6.89. The molecule has 0 radical (unpaired) electrons. The lowest BCUT2D eigenvalue weighted by atomic mass is 10.3. The Balaban J connectivity index is 4.76. The van der Waals surface area contributed by atoms with Gasteiger partial charge >= 0.3 is 0 Å². The molecule has 11 heavy (non-hydrogen) atoms. The van der Waals surface area contributed by atoms with E-state index in [0.717, 1.165) is 0 Å². The van der Waals surface area contributed by atoms with Crippen molar-refractivity contribution in [3.05, 3.63) is 36.4 Å². The van der Waals surface area contributed by atoms with Crippen LogP contribution in [0.1, 0.15) is 0 Å². The molecule has 2 N–H and O–H groups in total. The number of ether oxygens (including phenoxy) is 2. The van der Waals surface area contributed by atoms with E-state index in [1.54, 1.807) is 0 Å². The third kappa shape index (κ3) is 2.37.